The van der Waals surface area contributed by atoms with Gasteiger partial charge in [0.1, 0.15) is 6.10 Å². The van der Waals surface area contributed by atoms with Gasteiger partial charge in [0, 0.05) is 46.3 Å². The van der Waals surface area contributed by atoms with Crippen molar-refractivity contribution in [3.8, 4) is 11.5 Å². The molecule has 0 aromatic heterocycles. The fourth-order valence-corrected chi connectivity index (χ4v) is 3.65. The maximum atomic E-state index is 6.00. The van der Waals surface area contributed by atoms with Gasteiger partial charge in [-0.15, -0.1) is 0 Å². The van der Waals surface area contributed by atoms with Crippen LogP contribution in [-0.4, -0.2) is 75.8 Å². The fraction of sp³-hybridized carbons (Fsp3) is 0.480. The predicted molar refractivity (Wildman–Crippen MR) is 131 cm³/mol. The molecule has 1 atom stereocenters. The molecule has 1 aliphatic heterocycles. The normalized spacial score (nSPS) is 16.4. The Labute approximate surface area is 192 Å². The van der Waals surface area contributed by atoms with Crippen LogP contribution >= 0.6 is 0 Å². The number of piperazine rings is 1. The number of guanidine groups is 1. The van der Waals surface area contributed by atoms with Gasteiger partial charge in [-0.25, -0.2) is 0 Å². The Bertz CT molecular complexity index is 848. The summed E-state index contributed by atoms with van der Waals surface area (Å²) in [5, 5.41) is 6.70. The summed E-state index contributed by atoms with van der Waals surface area (Å²) in [7, 11) is 5.62. The first-order valence-electron chi connectivity index (χ1n) is 11.3. The van der Waals surface area contributed by atoms with E-state index in [-0.39, 0.29) is 6.10 Å². The molecule has 1 heterocycles. The highest BCUT2D eigenvalue weighted by Crippen LogP contribution is 2.26. The molecule has 0 aliphatic carbocycles. The SMILES string of the molecule is CN=C(NCc1ccc(CN2CCN(C)CC2)cc1)NCC(C)Oc1ccccc1OC. The molecular formula is C25H37N5O2. The van der Waals surface area contributed by atoms with Crippen LogP contribution in [-0.2, 0) is 13.1 Å². The number of aliphatic imine (C=N–C) groups is 1. The molecule has 0 radical (unpaired) electrons. The first-order valence-corrected chi connectivity index (χ1v) is 11.3. The summed E-state index contributed by atoms with van der Waals surface area (Å²) >= 11 is 0. The van der Waals surface area contributed by atoms with E-state index in [4.69, 9.17) is 9.47 Å². The Morgan fingerprint density at radius 1 is 0.969 bits per heavy atom. The number of hydrogen-bond donors (Lipinski definition) is 2. The van der Waals surface area contributed by atoms with Crippen LogP contribution < -0.4 is 20.1 Å². The Kier molecular flexibility index (Phi) is 9.19. The average Bonchev–Trinajstić information content (AvgIpc) is 2.82. The quantitative estimate of drug-likeness (QED) is 0.463. The Balaban J connectivity index is 1.41. The first kappa shape index (κ1) is 23.9. The van der Waals surface area contributed by atoms with Gasteiger partial charge < -0.3 is 25.0 Å². The second-order valence-electron chi connectivity index (χ2n) is 8.28. The van der Waals surface area contributed by atoms with E-state index in [9.17, 15) is 0 Å². The van der Waals surface area contributed by atoms with Gasteiger partial charge in [0.25, 0.3) is 0 Å². The van der Waals surface area contributed by atoms with Gasteiger partial charge in [-0.2, -0.15) is 0 Å². The van der Waals surface area contributed by atoms with Gasteiger partial charge in [0.2, 0.25) is 0 Å². The van der Waals surface area contributed by atoms with Crippen molar-refractivity contribution in [3.63, 3.8) is 0 Å². The Hall–Kier alpha value is -2.77. The highest BCUT2D eigenvalue weighted by atomic mass is 16.5. The molecule has 1 fully saturated rings. The minimum Gasteiger partial charge on any atom is -0.493 e. The largest absolute Gasteiger partial charge is 0.493 e. The Morgan fingerprint density at radius 3 is 2.28 bits per heavy atom. The predicted octanol–water partition coefficient (Wildman–Crippen LogP) is 2.58. The summed E-state index contributed by atoms with van der Waals surface area (Å²) in [5.41, 5.74) is 2.59. The van der Waals surface area contributed by atoms with Crippen molar-refractivity contribution in [2.75, 3.05) is 53.9 Å². The molecule has 2 aromatic rings. The summed E-state index contributed by atoms with van der Waals surface area (Å²) in [4.78, 5) is 9.23. The minimum absolute atomic E-state index is 0.0429. The standard InChI is InChI=1S/C25H37N5O2/c1-20(32-24-8-6-5-7-23(24)31-4)17-27-25(26-2)28-18-21-9-11-22(12-10-21)19-30-15-13-29(3)14-16-30/h5-12,20H,13-19H2,1-4H3,(H2,26,27,28). The van der Waals surface area contributed by atoms with Gasteiger partial charge in [-0.3, -0.25) is 9.89 Å². The number of ether oxygens (including phenoxy) is 2. The summed E-state index contributed by atoms with van der Waals surface area (Å²) in [5.74, 6) is 2.23. The third-order valence-corrected chi connectivity index (χ3v) is 5.66. The van der Waals surface area contributed by atoms with E-state index in [2.05, 4.69) is 56.7 Å². The van der Waals surface area contributed by atoms with Crippen LogP contribution in [0.5, 0.6) is 11.5 Å². The van der Waals surface area contributed by atoms with Crippen molar-refractivity contribution < 1.29 is 9.47 Å². The molecule has 1 unspecified atom stereocenters. The van der Waals surface area contributed by atoms with Crippen molar-refractivity contribution in [3.05, 3.63) is 59.7 Å². The number of benzene rings is 2. The molecule has 0 saturated carbocycles. The van der Waals surface area contributed by atoms with E-state index < -0.39 is 0 Å². The van der Waals surface area contributed by atoms with Gasteiger partial charge in [-0.1, -0.05) is 36.4 Å². The highest BCUT2D eigenvalue weighted by molar-refractivity contribution is 5.79. The molecule has 0 amide bonds. The van der Waals surface area contributed by atoms with Crippen LogP contribution in [0.3, 0.4) is 0 Å². The van der Waals surface area contributed by atoms with E-state index in [0.717, 1.165) is 56.7 Å². The van der Waals surface area contributed by atoms with Crippen LogP contribution in [0.15, 0.2) is 53.5 Å². The topological polar surface area (TPSA) is 61.4 Å². The number of rotatable bonds is 9. The summed E-state index contributed by atoms with van der Waals surface area (Å²) in [6.07, 6.45) is -0.0429. The first-order chi connectivity index (χ1) is 15.6. The molecule has 0 bridgehead atoms. The molecule has 174 valence electrons. The minimum atomic E-state index is -0.0429. The van der Waals surface area contributed by atoms with Crippen molar-refractivity contribution in [1.29, 1.82) is 0 Å². The van der Waals surface area contributed by atoms with Crippen LogP contribution in [0.4, 0.5) is 0 Å². The molecule has 2 aromatic carbocycles. The zero-order chi connectivity index (χ0) is 22.8. The summed E-state index contributed by atoms with van der Waals surface area (Å²) < 4.78 is 11.3. The molecule has 1 saturated heterocycles. The van der Waals surface area contributed by atoms with Gasteiger partial charge in [0.15, 0.2) is 17.5 Å². The third-order valence-electron chi connectivity index (χ3n) is 5.66. The molecule has 2 N–H and O–H groups in total. The average molecular weight is 440 g/mol. The van der Waals surface area contributed by atoms with Crippen LogP contribution in [0, 0.1) is 0 Å². The number of likely N-dealkylation sites (N-methyl/N-ethyl adjacent to an activating group) is 1. The van der Waals surface area contributed by atoms with E-state index in [1.54, 1.807) is 14.2 Å². The molecule has 7 heteroatoms. The van der Waals surface area contributed by atoms with Gasteiger partial charge in [0.05, 0.1) is 13.7 Å². The molecule has 0 spiro atoms. The third kappa shape index (κ3) is 7.43. The number of para-hydroxylation sites is 2. The molecule has 1 aliphatic rings. The van der Waals surface area contributed by atoms with Gasteiger partial charge >= 0.3 is 0 Å². The second kappa shape index (κ2) is 12.3. The number of nitrogens with zero attached hydrogens (tertiary/aromatic N) is 3. The van der Waals surface area contributed by atoms with Crippen molar-refractivity contribution in [1.82, 2.24) is 20.4 Å². The van der Waals surface area contributed by atoms with Crippen molar-refractivity contribution in [2.24, 2.45) is 4.99 Å². The Morgan fingerprint density at radius 2 is 1.62 bits per heavy atom. The lowest BCUT2D eigenvalue weighted by Gasteiger charge is -2.32. The highest BCUT2D eigenvalue weighted by Gasteiger charge is 2.14. The number of methoxy groups -OCH3 is 1. The van der Waals surface area contributed by atoms with Gasteiger partial charge in [-0.05, 0) is 37.2 Å². The van der Waals surface area contributed by atoms with Crippen molar-refractivity contribution >= 4 is 5.96 Å². The zero-order valence-corrected chi connectivity index (χ0v) is 19.8. The van der Waals surface area contributed by atoms with Crippen molar-refractivity contribution in [2.45, 2.75) is 26.1 Å². The van der Waals surface area contributed by atoms with Crippen LogP contribution in [0.2, 0.25) is 0 Å². The van der Waals surface area contributed by atoms with E-state index >= 15 is 0 Å². The number of hydrogen-bond acceptors (Lipinski definition) is 5. The maximum Gasteiger partial charge on any atom is 0.191 e. The molecule has 3 rings (SSSR count). The van der Waals surface area contributed by atoms with E-state index in [1.165, 1.54) is 11.1 Å². The fourth-order valence-electron chi connectivity index (χ4n) is 3.65. The number of nitrogens with one attached hydrogen (secondary N) is 2. The van der Waals surface area contributed by atoms with E-state index in [0.29, 0.717) is 6.54 Å². The molecule has 7 nitrogen and oxygen atoms in total. The van der Waals surface area contributed by atoms with Crippen LogP contribution in [0.25, 0.3) is 0 Å². The second-order valence-corrected chi connectivity index (χ2v) is 8.28. The maximum absolute atomic E-state index is 6.00. The van der Waals surface area contributed by atoms with E-state index in [1.807, 2.05) is 31.2 Å². The molecule has 32 heavy (non-hydrogen) atoms. The van der Waals surface area contributed by atoms with Crippen LogP contribution in [0.1, 0.15) is 18.1 Å². The lowest BCUT2D eigenvalue weighted by atomic mass is 10.1. The molecular weight excluding hydrogens is 402 g/mol. The summed E-state index contributed by atoms with van der Waals surface area (Å²) in [6, 6.07) is 16.5. The monoisotopic (exact) mass is 439 g/mol. The summed E-state index contributed by atoms with van der Waals surface area (Å²) in [6.45, 7) is 8.97. The lowest BCUT2D eigenvalue weighted by molar-refractivity contribution is 0.148. The lowest BCUT2D eigenvalue weighted by Crippen LogP contribution is -2.43. The smallest absolute Gasteiger partial charge is 0.191 e. The zero-order valence-electron chi connectivity index (χ0n) is 19.8.